The molecule has 1 amide bonds. The highest BCUT2D eigenvalue weighted by Crippen LogP contribution is 2.30. The van der Waals surface area contributed by atoms with Gasteiger partial charge in [0.2, 0.25) is 0 Å². The summed E-state index contributed by atoms with van der Waals surface area (Å²) in [5.74, 6) is -0.224. The minimum Gasteiger partial charge on any atom is -0.369 e. The number of benzene rings is 1. The lowest BCUT2D eigenvalue weighted by atomic mass is 10.1. The number of rotatable bonds is 3. The summed E-state index contributed by atoms with van der Waals surface area (Å²) in [6.45, 7) is 3.39. The van der Waals surface area contributed by atoms with Gasteiger partial charge in [-0.1, -0.05) is 17.7 Å². The number of methoxy groups -OCH3 is 1. The first-order valence-electron chi connectivity index (χ1n) is 4.69. The predicted molar refractivity (Wildman–Crippen MR) is 68.9 cm³/mol. The second kappa shape index (κ2) is 5.17. The van der Waals surface area contributed by atoms with Gasteiger partial charge in [-0.25, -0.2) is 0 Å². The van der Waals surface area contributed by atoms with Crippen molar-refractivity contribution in [2.24, 2.45) is 0 Å². The zero-order valence-electron chi connectivity index (χ0n) is 9.30. The number of amides is 1. The SMILES string of the molecule is COC(C)(C)C(=O)Nc1cccc(Cl)c1Br. The fraction of sp³-hybridized carbons (Fsp3) is 0.364. The maximum absolute atomic E-state index is 11.8. The summed E-state index contributed by atoms with van der Waals surface area (Å²) in [6.07, 6.45) is 0. The highest BCUT2D eigenvalue weighted by atomic mass is 79.9. The minimum absolute atomic E-state index is 0.224. The number of carbonyl (C=O) groups excluding carboxylic acids is 1. The van der Waals surface area contributed by atoms with E-state index in [9.17, 15) is 4.79 Å². The average molecular weight is 307 g/mol. The second-order valence-electron chi connectivity index (χ2n) is 3.77. The quantitative estimate of drug-likeness (QED) is 0.928. The summed E-state index contributed by atoms with van der Waals surface area (Å²) in [6, 6.07) is 5.27. The Bertz CT molecular complexity index is 407. The third kappa shape index (κ3) is 2.97. The Hall–Kier alpha value is -0.580. The number of ether oxygens (including phenoxy) is 1. The predicted octanol–water partition coefficient (Wildman–Crippen LogP) is 3.47. The molecule has 1 aromatic carbocycles. The fourth-order valence-corrected chi connectivity index (χ4v) is 1.50. The number of hydrogen-bond donors (Lipinski definition) is 1. The van der Waals surface area contributed by atoms with E-state index in [4.69, 9.17) is 16.3 Å². The van der Waals surface area contributed by atoms with Crippen molar-refractivity contribution in [3.05, 3.63) is 27.7 Å². The van der Waals surface area contributed by atoms with Crippen molar-refractivity contribution in [1.29, 1.82) is 0 Å². The van der Waals surface area contributed by atoms with E-state index in [1.165, 1.54) is 7.11 Å². The van der Waals surface area contributed by atoms with Gasteiger partial charge in [0.15, 0.2) is 0 Å². The standard InChI is InChI=1S/C11H13BrClNO2/c1-11(2,16-3)10(15)14-8-6-4-5-7(13)9(8)12/h4-6H,1-3H3,(H,14,15). The van der Waals surface area contributed by atoms with Gasteiger partial charge in [0, 0.05) is 7.11 Å². The van der Waals surface area contributed by atoms with Crippen LogP contribution in [0.25, 0.3) is 0 Å². The molecule has 1 aromatic rings. The zero-order valence-corrected chi connectivity index (χ0v) is 11.6. The molecule has 0 saturated carbocycles. The molecule has 0 atom stereocenters. The highest BCUT2D eigenvalue weighted by molar-refractivity contribution is 9.10. The van der Waals surface area contributed by atoms with Crippen LogP contribution in [0.5, 0.6) is 0 Å². The lowest BCUT2D eigenvalue weighted by molar-refractivity contribution is -0.133. The van der Waals surface area contributed by atoms with E-state index in [-0.39, 0.29) is 5.91 Å². The van der Waals surface area contributed by atoms with E-state index in [0.29, 0.717) is 15.2 Å². The molecule has 0 radical (unpaired) electrons. The maximum atomic E-state index is 11.8. The Balaban J connectivity index is 2.90. The molecule has 16 heavy (non-hydrogen) atoms. The third-order valence-electron chi connectivity index (χ3n) is 2.26. The molecule has 0 spiro atoms. The van der Waals surface area contributed by atoms with Crippen molar-refractivity contribution in [3.63, 3.8) is 0 Å². The van der Waals surface area contributed by atoms with Gasteiger partial charge in [0.05, 0.1) is 15.2 Å². The van der Waals surface area contributed by atoms with E-state index < -0.39 is 5.60 Å². The van der Waals surface area contributed by atoms with Gasteiger partial charge >= 0.3 is 0 Å². The topological polar surface area (TPSA) is 38.3 Å². The first-order valence-corrected chi connectivity index (χ1v) is 5.86. The van der Waals surface area contributed by atoms with Crippen LogP contribution in [-0.4, -0.2) is 18.6 Å². The van der Waals surface area contributed by atoms with Crippen LogP contribution in [0.3, 0.4) is 0 Å². The van der Waals surface area contributed by atoms with Crippen molar-refractivity contribution >= 4 is 39.1 Å². The van der Waals surface area contributed by atoms with Crippen LogP contribution in [0.1, 0.15) is 13.8 Å². The average Bonchev–Trinajstić information content (AvgIpc) is 2.24. The Morgan fingerprint density at radius 1 is 1.50 bits per heavy atom. The van der Waals surface area contributed by atoms with E-state index in [2.05, 4.69) is 21.2 Å². The van der Waals surface area contributed by atoms with Gasteiger partial charge in [-0.15, -0.1) is 0 Å². The summed E-state index contributed by atoms with van der Waals surface area (Å²) in [5.41, 5.74) is -0.246. The molecule has 88 valence electrons. The van der Waals surface area contributed by atoms with Gasteiger partial charge in [0.1, 0.15) is 5.60 Å². The Kier molecular flexibility index (Phi) is 4.35. The summed E-state index contributed by atoms with van der Waals surface area (Å²) in [7, 11) is 1.49. The molecule has 0 saturated heterocycles. The number of hydrogen-bond acceptors (Lipinski definition) is 2. The molecule has 0 aliphatic heterocycles. The Labute approximate surface area is 108 Å². The van der Waals surface area contributed by atoms with Crippen molar-refractivity contribution in [1.82, 2.24) is 0 Å². The van der Waals surface area contributed by atoms with Crippen LogP contribution >= 0.6 is 27.5 Å². The number of anilines is 1. The Morgan fingerprint density at radius 2 is 2.12 bits per heavy atom. The van der Waals surface area contributed by atoms with Gasteiger partial charge < -0.3 is 10.1 Å². The van der Waals surface area contributed by atoms with E-state index in [1.54, 1.807) is 32.0 Å². The van der Waals surface area contributed by atoms with Gasteiger partial charge in [-0.3, -0.25) is 4.79 Å². The maximum Gasteiger partial charge on any atom is 0.256 e. The minimum atomic E-state index is -0.873. The molecule has 0 aromatic heterocycles. The highest BCUT2D eigenvalue weighted by Gasteiger charge is 2.27. The summed E-state index contributed by atoms with van der Waals surface area (Å²) < 4.78 is 5.75. The van der Waals surface area contributed by atoms with Crippen LogP contribution in [0.4, 0.5) is 5.69 Å². The number of halogens is 2. The fourth-order valence-electron chi connectivity index (χ4n) is 0.966. The largest absolute Gasteiger partial charge is 0.369 e. The van der Waals surface area contributed by atoms with Gasteiger partial charge in [-0.2, -0.15) is 0 Å². The number of carbonyl (C=O) groups is 1. The van der Waals surface area contributed by atoms with Crippen LogP contribution in [0.15, 0.2) is 22.7 Å². The lowest BCUT2D eigenvalue weighted by Gasteiger charge is -2.22. The summed E-state index contributed by atoms with van der Waals surface area (Å²) >= 11 is 9.23. The van der Waals surface area contributed by atoms with Crippen LogP contribution in [0, 0.1) is 0 Å². The lowest BCUT2D eigenvalue weighted by Crippen LogP contribution is -2.38. The molecule has 3 nitrogen and oxygen atoms in total. The van der Waals surface area contributed by atoms with Crippen LogP contribution < -0.4 is 5.32 Å². The molecule has 0 heterocycles. The van der Waals surface area contributed by atoms with Crippen LogP contribution in [-0.2, 0) is 9.53 Å². The second-order valence-corrected chi connectivity index (χ2v) is 4.97. The van der Waals surface area contributed by atoms with Crippen molar-refractivity contribution < 1.29 is 9.53 Å². The summed E-state index contributed by atoms with van der Waals surface area (Å²) in [5, 5.41) is 3.30. The molecular formula is C11H13BrClNO2. The third-order valence-corrected chi connectivity index (χ3v) is 3.65. The first-order chi connectivity index (χ1) is 7.38. The zero-order chi connectivity index (χ0) is 12.3. The van der Waals surface area contributed by atoms with Crippen molar-refractivity contribution in [2.45, 2.75) is 19.4 Å². The summed E-state index contributed by atoms with van der Waals surface area (Å²) in [4.78, 5) is 11.8. The normalized spacial score (nSPS) is 11.3. The molecular weight excluding hydrogens is 293 g/mol. The van der Waals surface area contributed by atoms with Gasteiger partial charge in [0.25, 0.3) is 5.91 Å². The van der Waals surface area contributed by atoms with Crippen molar-refractivity contribution in [3.8, 4) is 0 Å². The van der Waals surface area contributed by atoms with Crippen LogP contribution in [0.2, 0.25) is 5.02 Å². The smallest absolute Gasteiger partial charge is 0.256 e. The van der Waals surface area contributed by atoms with E-state index in [1.807, 2.05) is 0 Å². The van der Waals surface area contributed by atoms with E-state index in [0.717, 1.165) is 0 Å². The number of nitrogens with one attached hydrogen (secondary N) is 1. The molecule has 0 unspecified atom stereocenters. The molecule has 0 aliphatic carbocycles. The molecule has 0 aliphatic rings. The molecule has 1 rings (SSSR count). The molecule has 0 fully saturated rings. The molecule has 0 bridgehead atoms. The molecule has 5 heteroatoms. The monoisotopic (exact) mass is 305 g/mol. The van der Waals surface area contributed by atoms with E-state index >= 15 is 0 Å². The van der Waals surface area contributed by atoms with Crippen molar-refractivity contribution in [2.75, 3.05) is 12.4 Å². The molecule has 1 N–H and O–H groups in total. The van der Waals surface area contributed by atoms with Gasteiger partial charge in [-0.05, 0) is 41.9 Å². The first kappa shape index (κ1) is 13.5. The Morgan fingerprint density at radius 3 is 2.69 bits per heavy atom.